The summed E-state index contributed by atoms with van der Waals surface area (Å²) >= 11 is 1.60. The number of hydrogen-bond acceptors (Lipinski definition) is 5. The number of amides is 1. The van der Waals surface area contributed by atoms with Gasteiger partial charge in [-0.15, -0.1) is 11.3 Å². The molecule has 0 unspecified atom stereocenters. The number of aromatic nitrogens is 1. The van der Waals surface area contributed by atoms with Crippen molar-refractivity contribution >= 4 is 29.1 Å². The van der Waals surface area contributed by atoms with Gasteiger partial charge in [0, 0.05) is 36.0 Å². The van der Waals surface area contributed by atoms with Crippen molar-refractivity contribution in [3.05, 3.63) is 87.9 Å². The lowest BCUT2D eigenvalue weighted by atomic mass is 9.89. The molecule has 2 aromatic carbocycles. The molecular weight excluding hydrogens is 420 g/mol. The van der Waals surface area contributed by atoms with E-state index in [0.717, 1.165) is 27.6 Å². The van der Waals surface area contributed by atoms with Gasteiger partial charge < -0.3 is 9.64 Å². The molecule has 5 nitrogen and oxygen atoms in total. The summed E-state index contributed by atoms with van der Waals surface area (Å²) in [4.78, 5) is 31.5. The van der Waals surface area contributed by atoms with Crippen LogP contribution in [0.4, 0.5) is 0 Å². The molecule has 0 radical (unpaired) electrons. The Kier molecular flexibility index (Phi) is 7.12. The van der Waals surface area contributed by atoms with E-state index < -0.39 is 0 Å². The van der Waals surface area contributed by atoms with Crippen molar-refractivity contribution in [1.82, 2.24) is 9.88 Å². The van der Waals surface area contributed by atoms with Gasteiger partial charge in [-0.25, -0.2) is 4.98 Å². The Hall–Kier alpha value is -3.25. The van der Waals surface area contributed by atoms with Gasteiger partial charge in [0.1, 0.15) is 12.4 Å². The number of thiazole rings is 1. The van der Waals surface area contributed by atoms with Gasteiger partial charge in [-0.2, -0.15) is 0 Å². The van der Waals surface area contributed by atoms with Crippen LogP contribution in [0.15, 0.2) is 66.1 Å². The number of Topliss-reactive ketones (excluding diaryl/α,β-unsaturated/α-hetero) is 1. The second-order valence-corrected chi connectivity index (χ2v) is 8.94. The normalized spacial score (nSPS) is 14.6. The highest BCUT2D eigenvalue weighted by Gasteiger charge is 2.27. The highest BCUT2D eigenvalue weighted by atomic mass is 32.1. The lowest BCUT2D eigenvalue weighted by Gasteiger charge is -2.30. The van der Waals surface area contributed by atoms with Crippen LogP contribution in [0.5, 0.6) is 5.75 Å². The molecule has 3 aromatic rings. The van der Waals surface area contributed by atoms with Crippen molar-refractivity contribution in [2.24, 2.45) is 5.92 Å². The number of hydrogen-bond donors (Lipinski definition) is 0. The lowest BCUT2D eigenvalue weighted by molar-refractivity contribution is -0.127. The molecule has 164 valence electrons. The predicted molar refractivity (Wildman–Crippen MR) is 127 cm³/mol. The third-order valence-corrected chi connectivity index (χ3v) is 6.39. The second-order valence-electron chi connectivity index (χ2n) is 7.88. The van der Waals surface area contributed by atoms with Crippen LogP contribution >= 0.6 is 11.3 Å². The van der Waals surface area contributed by atoms with Crippen molar-refractivity contribution in [3.8, 4) is 5.75 Å². The smallest absolute Gasteiger partial charge is 0.246 e. The van der Waals surface area contributed by atoms with Crippen molar-refractivity contribution in [2.75, 3.05) is 13.1 Å². The minimum Gasteiger partial charge on any atom is -0.487 e. The van der Waals surface area contributed by atoms with E-state index in [-0.39, 0.29) is 17.6 Å². The van der Waals surface area contributed by atoms with E-state index in [2.05, 4.69) is 4.98 Å². The number of ketones is 1. The summed E-state index contributed by atoms with van der Waals surface area (Å²) in [5.74, 6) is 0.879. The molecule has 1 amide bonds. The Morgan fingerprint density at radius 2 is 1.91 bits per heavy atom. The number of aryl methyl sites for hydroxylation is 1. The van der Waals surface area contributed by atoms with Crippen molar-refractivity contribution in [1.29, 1.82) is 0 Å². The van der Waals surface area contributed by atoms with Gasteiger partial charge in [0.2, 0.25) is 5.91 Å². The maximum absolute atomic E-state index is 12.6. The molecule has 0 spiro atoms. The first-order valence-corrected chi connectivity index (χ1v) is 11.7. The molecule has 1 aromatic heterocycles. The van der Waals surface area contributed by atoms with E-state index in [4.69, 9.17) is 4.74 Å². The van der Waals surface area contributed by atoms with Crippen LogP contribution in [0.2, 0.25) is 0 Å². The highest BCUT2D eigenvalue weighted by Crippen LogP contribution is 2.22. The summed E-state index contributed by atoms with van der Waals surface area (Å²) in [5, 5.41) is 3.02. The minimum absolute atomic E-state index is 0.0132. The van der Waals surface area contributed by atoms with Crippen LogP contribution in [-0.4, -0.2) is 34.7 Å². The molecule has 2 heterocycles. The molecule has 4 rings (SSSR count). The molecule has 0 N–H and O–H groups in total. The van der Waals surface area contributed by atoms with Crippen LogP contribution in [-0.2, 0) is 11.4 Å². The number of carbonyl (C=O) groups is 2. The monoisotopic (exact) mass is 446 g/mol. The molecule has 32 heavy (non-hydrogen) atoms. The van der Waals surface area contributed by atoms with Gasteiger partial charge in [-0.1, -0.05) is 42.5 Å². The number of benzene rings is 2. The third-order valence-electron chi connectivity index (χ3n) is 5.57. The Balaban J connectivity index is 1.28. The molecule has 1 aliphatic heterocycles. The summed E-state index contributed by atoms with van der Waals surface area (Å²) in [5.41, 5.74) is 2.57. The lowest BCUT2D eigenvalue weighted by Crippen LogP contribution is -2.39. The van der Waals surface area contributed by atoms with Crippen LogP contribution in [0.25, 0.3) is 6.08 Å². The Morgan fingerprint density at radius 1 is 1.12 bits per heavy atom. The Labute approximate surface area is 192 Å². The standard InChI is InChI=1S/C26H26N2O3S/c1-19-27-23(18-32-19)17-31-24-9-5-6-20(16-24)10-11-25(29)28-14-12-22(13-15-28)26(30)21-7-3-2-4-8-21/h2-11,16,18,22H,12-15,17H2,1H3/b11-10+. The second kappa shape index (κ2) is 10.4. The maximum atomic E-state index is 12.6. The van der Waals surface area contributed by atoms with E-state index in [0.29, 0.717) is 32.5 Å². The zero-order valence-corrected chi connectivity index (χ0v) is 18.9. The summed E-state index contributed by atoms with van der Waals surface area (Å²) < 4.78 is 5.82. The Morgan fingerprint density at radius 3 is 2.62 bits per heavy atom. The third kappa shape index (κ3) is 5.71. The first kappa shape index (κ1) is 22.0. The first-order valence-electron chi connectivity index (χ1n) is 10.8. The van der Waals surface area contributed by atoms with Gasteiger partial charge >= 0.3 is 0 Å². The number of nitrogens with zero attached hydrogens (tertiary/aromatic N) is 2. The zero-order valence-electron chi connectivity index (χ0n) is 18.1. The van der Waals surface area contributed by atoms with E-state index in [1.807, 2.05) is 77.9 Å². The summed E-state index contributed by atoms with van der Waals surface area (Å²) in [6.45, 7) is 3.60. The van der Waals surface area contributed by atoms with E-state index in [1.54, 1.807) is 17.4 Å². The summed E-state index contributed by atoms with van der Waals surface area (Å²) in [6, 6.07) is 17.1. The summed E-state index contributed by atoms with van der Waals surface area (Å²) in [7, 11) is 0. The zero-order chi connectivity index (χ0) is 22.3. The average Bonchev–Trinajstić information content (AvgIpc) is 3.27. The van der Waals surface area contributed by atoms with Crippen LogP contribution in [0.3, 0.4) is 0 Å². The number of ether oxygens (including phenoxy) is 1. The fourth-order valence-electron chi connectivity index (χ4n) is 3.81. The predicted octanol–water partition coefficient (Wildman–Crippen LogP) is 5.17. The summed E-state index contributed by atoms with van der Waals surface area (Å²) in [6.07, 6.45) is 4.81. The fourth-order valence-corrected chi connectivity index (χ4v) is 4.41. The largest absolute Gasteiger partial charge is 0.487 e. The van der Waals surface area contributed by atoms with Gasteiger partial charge in [0.15, 0.2) is 5.78 Å². The van der Waals surface area contributed by atoms with E-state index >= 15 is 0 Å². The van der Waals surface area contributed by atoms with Crippen LogP contribution in [0.1, 0.15) is 39.5 Å². The van der Waals surface area contributed by atoms with Gasteiger partial charge in [-0.05, 0) is 43.5 Å². The molecule has 6 heteroatoms. The maximum Gasteiger partial charge on any atom is 0.246 e. The molecule has 1 aliphatic rings. The van der Waals surface area contributed by atoms with Crippen molar-refractivity contribution < 1.29 is 14.3 Å². The molecule has 1 fully saturated rings. The molecule has 0 atom stereocenters. The van der Waals surface area contributed by atoms with Gasteiger partial charge in [0.25, 0.3) is 0 Å². The topological polar surface area (TPSA) is 59.5 Å². The van der Waals surface area contributed by atoms with Crippen LogP contribution in [0, 0.1) is 12.8 Å². The van der Waals surface area contributed by atoms with E-state index in [9.17, 15) is 9.59 Å². The van der Waals surface area contributed by atoms with E-state index in [1.165, 1.54) is 0 Å². The fraction of sp³-hybridized carbons (Fsp3) is 0.269. The quantitative estimate of drug-likeness (QED) is 0.371. The first-order chi connectivity index (χ1) is 15.6. The average molecular weight is 447 g/mol. The number of piperidine rings is 1. The van der Waals surface area contributed by atoms with Crippen molar-refractivity contribution in [2.45, 2.75) is 26.4 Å². The SMILES string of the molecule is Cc1nc(COc2cccc(/C=C/C(=O)N3CCC(C(=O)c4ccccc4)CC3)c2)cs1. The molecular formula is C26H26N2O3S. The molecule has 0 aliphatic carbocycles. The molecule has 1 saturated heterocycles. The number of likely N-dealkylation sites (tertiary alicyclic amines) is 1. The Bertz CT molecular complexity index is 1100. The minimum atomic E-state index is -0.0279. The highest BCUT2D eigenvalue weighted by molar-refractivity contribution is 7.09. The van der Waals surface area contributed by atoms with Gasteiger partial charge in [0.05, 0.1) is 10.7 Å². The van der Waals surface area contributed by atoms with Crippen LogP contribution < -0.4 is 4.74 Å². The molecule has 0 bridgehead atoms. The number of carbonyl (C=O) groups excluding carboxylic acids is 2. The number of rotatable bonds is 7. The van der Waals surface area contributed by atoms with Gasteiger partial charge in [-0.3, -0.25) is 9.59 Å². The molecule has 0 saturated carbocycles. The van der Waals surface area contributed by atoms with Crippen molar-refractivity contribution in [3.63, 3.8) is 0 Å².